The molecule has 0 amide bonds. The number of ether oxygens (including phenoxy) is 5. The highest BCUT2D eigenvalue weighted by molar-refractivity contribution is 7.48. The van der Waals surface area contributed by atoms with Crippen LogP contribution >= 0.6 is 7.82 Å². The zero-order valence-corrected chi connectivity index (χ0v) is 61.5. The summed E-state index contributed by atoms with van der Waals surface area (Å²) in [6, 6.07) is 16.8. The van der Waals surface area contributed by atoms with Crippen LogP contribution in [0.15, 0.2) is 95.6 Å². The molecule has 2 aromatic rings. The first-order valence-electron chi connectivity index (χ1n) is 30.9. The van der Waals surface area contributed by atoms with Crippen molar-refractivity contribution >= 4 is 39.1 Å². The van der Waals surface area contributed by atoms with Gasteiger partial charge in [-0.05, 0) is 128 Å². The SMILES string of the molecule is COc1ccc(COP(=O)(OCc2ccc(OC)cc2)O[C@H]2[C@@H]([C@H](C[C@H](O[Si](C)(C)C(C)(C)C)[C@H](C)[C@H](O[Si](C)(C)C(C)(C)C)[C@H](C)/C=C(C)/C(C)=C/C=C/C(C)=C\C#N)OC)O[C@]3(C[C@@H](O[Si](C)(C)C(C)(C)C)[C@H](C)[C@H](CC=O)O3)C2(C)C)cc1. The zero-order chi connectivity index (χ0) is 65.2. The van der Waals surface area contributed by atoms with Gasteiger partial charge in [-0.3, -0.25) is 13.6 Å². The minimum Gasteiger partial charge on any atom is -0.497 e. The fraction of sp³-hybridized carbons (Fsp3) is 0.676. The molecule has 0 N–H and O–H groups in total. The Balaban J connectivity index is 2.03. The first-order valence-corrected chi connectivity index (χ1v) is 41.0. The highest BCUT2D eigenvalue weighted by Gasteiger charge is 2.69. The summed E-state index contributed by atoms with van der Waals surface area (Å²) in [5.74, 6) is -0.638. The molecule has 18 heteroatoms. The Labute approximate surface area is 523 Å². The second-order valence-corrected chi connectivity index (χ2v) is 45.3. The maximum atomic E-state index is 16.0. The molecule has 0 radical (unpaired) electrons. The zero-order valence-electron chi connectivity index (χ0n) is 57.6. The number of rotatable bonds is 29. The van der Waals surface area contributed by atoms with Crippen molar-refractivity contribution in [3.05, 3.63) is 107 Å². The molecule has 2 aliphatic rings. The minimum atomic E-state index is -4.60. The molecular weight excluding hydrogens is 1150 g/mol. The third-order valence-corrected chi connectivity index (χ3v) is 34.5. The maximum absolute atomic E-state index is 16.0. The Morgan fingerprint density at radius 1 is 0.767 bits per heavy atom. The van der Waals surface area contributed by atoms with Gasteiger partial charge in [-0.1, -0.05) is 151 Å². The molecular formula is C68H112NO13PSi3. The largest absolute Gasteiger partial charge is 0.497 e. The van der Waals surface area contributed by atoms with Gasteiger partial charge in [0.15, 0.2) is 30.7 Å². The maximum Gasteiger partial charge on any atom is 0.475 e. The van der Waals surface area contributed by atoms with E-state index in [0.29, 0.717) is 17.9 Å². The smallest absolute Gasteiger partial charge is 0.475 e. The third-order valence-electron chi connectivity index (χ3n) is 19.6. The number of carbonyl (C=O) groups excluding carboxylic acids is 1. The second kappa shape index (κ2) is 30.2. The molecule has 0 bridgehead atoms. The van der Waals surface area contributed by atoms with Crippen LogP contribution in [0, 0.1) is 34.5 Å². The van der Waals surface area contributed by atoms with Gasteiger partial charge in [0.25, 0.3) is 0 Å². The number of hydrogen-bond donors (Lipinski definition) is 0. The number of nitriles is 1. The lowest BCUT2D eigenvalue weighted by molar-refractivity contribution is -0.333. The minimum absolute atomic E-state index is 0.0824. The van der Waals surface area contributed by atoms with Crippen LogP contribution in [0.1, 0.15) is 148 Å². The highest BCUT2D eigenvalue weighted by Crippen LogP contribution is 2.63. The predicted molar refractivity (Wildman–Crippen MR) is 355 cm³/mol. The lowest BCUT2D eigenvalue weighted by Gasteiger charge is -2.53. The predicted octanol–water partition coefficient (Wildman–Crippen LogP) is 17.8. The Bertz CT molecular complexity index is 2680. The summed E-state index contributed by atoms with van der Waals surface area (Å²) in [6.45, 7) is 50.4. The number of methoxy groups -OCH3 is 3. The molecule has 2 heterocycles. The van der Waals surface area contributed by atoms with Gasteiger partial charge in [0.1, 0.15) is 30.0 Å². The summed E-state index contributed by atoms with van der Waals surface area (Å²) in [4.78, 5) is 12.7. The van der Waals surface area contributed by atoms with Crippen LogP contribution in [-0.2, 0) is 63.6 Å². The van der Waals surface area contributed by atoms with Crippen molar-refractivity contribution in [2.24, 2.45) is 23.2 Å². The van der Waals surface area contributed by atoms with Crippen molar-refractivity contribution in [2.45, 2.75) is 253 Å². The van der Waals surface area contributed by atoms with Crippen molar-refractivity contribution < 1.29 is 59.9 Å². The van der Waals surface area contributed by atoms with Crippen molar-refractivity contribution in [2.75, 3.05) is 21.3 Å². The van der Waals surface area contributed by atoms with Gasteiger partial charge < -0.3 is 41.8 Å². The summed E-state index contributed by atoms with van der Waals surface area (Å²) in [7, 11) is -7.24. The Morgan fingerprint density at radius 3 is 1.72 bits per heavy atom. The van der Waals surface area contributed by atoms with Crippen LogP contribution in [0.3, 0.4) is 0 Å². The van der Waals surface area contributed by atoms with E-state index in [-0.39, 0.29) is 65.0 Å². The van der Waals surface area contributed by atoms with Gasteiger partial charge in [-0.25, -0.2) is 4.57 Å². The molecule has 14 nitrogen and oxygen atoms in total. The molecule has 86 heavy (non-hydrogen) atoms. The van der Waals surface area contributed by atoms with Crippen molar-refractivity contribution in [1.82, 2.24) is 0 Å². The van der Waals surface area contributed by atoms with Gasteiger partial charge in [-0.15, -0.1) is 0 Å². The van der Waals surface area contributed by atoms with Crippen molar-refractivity contribution in [3.8, 4) is 17.6 Å². The summed E-state index contributed by atoms with van der Waals surface area (Å²) >= 11 is 0. The van der Waals surface area contributed by atoms with Gasteiger partial charge >= 0.3 is 7.82 Å². The van der Waals surface area contributed by atoms with E-state index in [4.69, 9.17) is 50.5 Å². The molecule has 484 valence electrons. The van der Waals surface area contributed by atoms with E-state index < -0.39 is 80.6 Å². The topological polar surface area (TPSA) is 159 Å². The summed E-state index contributed by atoms with van der Waals surface area (Å²) in [5, 5.41) is 8.77. The molecule has 1 spiro atoms. The van der Waals surface area contributed by atoms with Crippen molar-refractivity contribution in [3.63, 3.8) is 0 Å². The van der Waals surface area contributed by atoms with Crippen LogP contribution in [0.2, 0.25) is 54.4 Å². The van der Waals surface area contributed by atoms with Gasteiger partial charge in [0.05, 0.1) is 64.0 Å². The van der Waals surface area contributed by atoms with Crippen molar-refractivity contribution in [1.29, 1.82) is 5.26 Å². The number of aldehydes is 1. The first-order chi connectivity index (χ1) is 39.6. The van der Waals surface area contributed by atoms with E-state index in [1.54, 1.807) is 21.3 Å². The van der Waals surface area contributed by atoms with Crippen LogP contribution in [0.25, 0.3) is 0 Å². The molecule has 0 unspecified atom stereocenters. The molecule has 2 saturated heterocycles. The van der Waals surface area contributed by atoms with E-state index >= 15 is 4.57 Å². The van der Waals surface area contributed by atoms with Gasteiger partial charge in [0.2, 0.25) is 0 Å². The number of phosphoric ester groups is 1. The van der Waals surface area contributed by atoms with E-state index in [1.807, 2.05) is 81.5 Å². The average molecular weight is 1270 g/mol. The lowest BCUT2D eigenvalue weighted by Crippen LogP contribution is -2.60. The quantitative estimate of drug-likeness (QED) is 0.0249. The fourth-order valence-corrected chi connectivity index (χ4v) is 16.1. The van der Waals surface area contributed by atoms with Gasteiger partial charge in [0, 0.05) is 49.7 Å². The molecule has 2 fully saturated rings. The van der Waals surface area contributed by atoms with Crippen LogP contribution in [-0.4, -0.2) is 101 Å². The number of carbonyl (C=O) groups is 1. The van der Waals surface area contributed by atoms with E-state index in [2.05, 4.69) is 154 Å². The molecule has 11 atom stereocenters. The average Bonchev–Trinajstić information content (AvgIpc) is 1.55. The number of hydrogen-bond acceptors (Lipinski definition) is 14. The number of phosphoric acid groups is 1. The van der Waals surface area contributed by atoms with E-state index in [9.17, 15) is 10.1 Å². The first kappa shape index (κ1) is 75.1. The Kier molecular flexibility index (Phi) is 26.4. The van der Waals surface area contributed by atoms with E-state index in [0.717, 1.165) is 34.1 Å². The molecule has 2 aromatic carbocycles. The normalized spacial score (nSPS) is 24.1. The summed E-state index contributed by atoms with van der Waals surface area (Å²) in [6.07, 6.45) is 6.81. The monoisotopic (exact) mass is 1270 g/mol. The molecule has 0 saturated carbocycles. The van der Waals surface area contributed by atoms with Crippen LogP contribution < -0.4 is 9.47 Å². The summed E-state index contributed by atoms with van der Waals surface area (Å²) < 4.78 is 91.7. The lowest BCUT2D eigenvalue weighted by atomic mass is 9.72. The summed E-state index contributed by atoms with van der Waals surface area (Å²) in [5.41, 5.74) is 3.37. The number of nitrogens with zero attached hydrogens (tertiary/aromatic N) is 1. The Hall–Kier alpha value is -3.32. The standard InChI is InChI=1S/C68H112NO13PSi3/c1-47(38-40-69)28-27-29-48(2)49(3)42-50(4)61(82-86(25,26)66(13,14)15)52(6)58(80-84(21,22)64(7,8)9)43-59(74-20)62-63(67(16,17)68(78-62)44-60(51(5)57(77-68)39-41-70)81-85(23,24)65(10,11)12)79-83(71,75-45-53-30-34-55(72-18)35-31-53)76-46-54-32-36-56(73-19)37-33-54/h27-38,41-42,50-52,57-63H,39,43-46H2,1-26H3/b28-27+,47-38-,48-29+,49-42+/t50-,51-,52+,57+,58+,59+,60-,61-,62-,63+,68-/m1/s1. The van der Waals surface area contributed by atoms with Gasteiger partial charge in [-0.2, -0.15) is 5.26 Å². The fourth-order valence-electron chi connectivity index (χ4n) is 10.3. The molecule has 0 aliphatic carbocycles. The molecule has 2 aliphatic heterocycles. The Morgan fingerprint density at radius 2 is 1.27 bits per heavy atom. The molecule has 4 rings (SSSR count). The third kappa shape index (κ3) is 19.1. The second-order valence-electron chi connectivity index (χ2n) is 29.4. The molecule has 0 aromatic heterocycles. The van der Waals surface area contributed by atoms with Crippen LogP contribution in [0.5, 0.6) is 11.5 Å². The van der Waals surface area contributed by atoms with Crippen LogP contribution in [0.4, 0.5) is 0 Å². The number of allylic oxidation sites excluding steroid dienone is 7. The highest BCUT2D eigenvalue weighted by atomic mass is 31.2. The number of benzene rings is 2. The van der Waals surface area contributed by atoms with E-state index in [1.165, 1.54) is 6.08 Å².